The smallest absolute Gasteiger partial charge is 0.124 e. The van der Waals surface area contributed by atoms with E-state index >= 15 is 0 Å². The first-order valence-electron chi connectivity index (χ1n) is 15.4. The summed E-state index contributed by atoms with van der Waals surface area (Å²) in [6.07, 6.45) is 0. The maximum absolute atomic E-state index is 3.82. The molecule has 0 atom stereocenters. The first-order chi connectivity index (χ1) is 18.0. The van der Waals surface area contributed by atoms with Gasteiger partial charge in [-0.25, -0.2) is 0 Å². The highest BCUT2D eigenvalue weighted by molar-refractivity contribution is 6.91. The van der Waals surface area contributed by atoms with Gasteiger partial charge in [-0.3, -0.25) is 0 Å². The molecule has 0 saturated carbocycles. The molecular formula is C38H60Si2. The zero-order valence-electron chi connectivity index (χ0n) is 29.5. The van der Waals surface area contributed by atoms with Crippen LogP contribution in [0.2, 0.25) is 33.2 Å². The van der Waals surface area contributed by atoms with Crippen LogP contribution in [0.4, 0.5) is 0 Å². The number of allylic oxidation sites excluding steroid dienone is 2. The van der Waals surface area contributed by atoms with Crippen LogP contribution in [-0.2, 0) is 0 Å². The summed E-state index contributed by atoms with van der Waals surface area (Å²) in [4.78, 5) is 0. The highest BCUT2D eigenvalue weighted by Gasteiger charge is 2.42. The Bertz CT molecular complexity index is 1070. The van der Waals surface area contributed by atoms with Gasteiger partial charge < -0.3 is 0 Å². The number of hydrogen-bond donors (Lipinski definition) is 0. The van der Waals surface area contributed by atoms with E-state index in [0.717, 1.165) is 0 Å². The van der Waals surface area contributed by atoms with E-state index in [1.165, 1.54) is 0 Å². The summed E-state index contributed by atoms with van der Waals surface area (Å²) in [6.45, 7) is 40.8. The van der Waals surface area contributed by atoms with E-state index in [1.54, 1.807) is 0 Å². The van der Waals surface area contributed by atoms with Crippen molar-refractivity contribution in [3.05, 3.63) is 22.6 Å². The minimum absolute atomic E-state index is 0.132. The third-order valence-corrected chi connectivity index (χ3v) is 20.6. The van der Waals surface area contributed by atoms with Crippen LogP contribution in [0.3, 0.4) is 0 Å². The maximum atomic E-state index is 3.82. The Balaban J connectivity index is 7.85. The van der Waals surface area contributed by atoms with E-state index in [4.69, 9.17) is 0 Å². The lowest BCUT2D eigenvalue weighted by atomic mass is 9.97. The second-order valence-corrected chi connectivity index (χ2v) is 26.5. The summed E-state index contributed by atoms with van der Waals surface area (Å²) < 4.78 is 0. The molecule has 0 rings (SSSR count). The van der Waals surface area contributed by atoms with Crippen LogP contribution in [0.25, 0.3) is 0 Å². The Morgan fingerprint density at radius 1 is 0.400 bits per heavy atom. The van der Waals surface area contributed by atoms with Crippen molar-refractivity contribution in [1.29, 1.82) is 0 Å². The molecule has 0 saturated heterocycles. The van der Waals surface area contributed by atoms with Gasteiger partial charge in [0, 0.05) is 10.8 Å². The minimum Gasteiger partial charge on any atom is -0.124 e. The Hall–Kier alpha value is -2.03. The van der Waals surface area contributed by atoms with E-state index in [1.807, 2.05) is 0 Å². The highest BCUT2D eigenvalue weighted by atomic mass is 28.3. The average Bonchev–Trinajstić information content (AvgIpc) is 2.75. The second-order valence-electron chi connectivity index (χ2n) is 15.3. The molecule has 0 fully saturated rings. The molecule has 0 aliphatic heterocycles. The van der Waals surface area contributed by atoms with Crippen molar-refractivity contribution in [3.8, 4) is 46.6 Å². The normalized spacial score (nSPS) is 12.1. The molecule has 0 aromatic heterocycles. The molecule has 220 valence electrons. The van der Waals surface area contributed by atoms with Crippen molar-refractivity contribution in [2.45, 2.75) is 158 Å². The van der Waals surface area contributed by atoms with E-state index in [-0.39, 0.29) is 10.8 Å². The molecule has 0 bridgehead atoms. The van der Waals surface area contributed by atoms with Crippen LogP contribution in [-0.4, -0.2) is 16.1 Å². The second kappa shape index (κ2) is 15.3. The van der Waals surface area contributed by atoms with Gasteiger partial charge in [-0.2, -0.15) is 0 Å². The van der Waals surface area contributed by atoms with Crippen LogP contribution in [0.15, 0.2) is 22.6 Å². The molecule has 0 aromatic carbocycles. The fraction of sp³-hybridized carbons (Fsp3) is 0.684. The molecule has 0 radical (unpaired) electrons. The number of rotatable bonds is 6. The molecule has 0 amide bonds. The minimum atomic E-state index is -1.91. The molecule has 0 N–H and O–H groups in total. The zero-order chi connectivity index (χ0) is 31.7. The van der Waals surface area contributed by atoms with Gasteiger partial charge >= 0.3 is 0 Å². The summed E-state index contributed by atoms with van der Waals surface area (Å²) in [5.74, 6) is 20.5. The molecule has 0 unspecified atom stereocenters. The van der Waals surface area contributed by atoms with Crippen LogP contribution < -0.4 is 0 Å². The molecule has 0 aromatic rings. The average molecular weight is 573 g/mol. The first kappa shape index (κ1) is 38.0. The fourth-order valence-electron chi connectivity index (χ4n) is 6.02. The van der Waals surface area contributed by atoms with Crippen LogP contribution in [0, 0.1) is 57.4 Å². The van der Waals surface area contributed by atoms with Gasteiger partial charge in [0.25, 0.3) is 0 Å². The molecule has 40 heavy (non-hydrogen) atoms. The van der Waals surface area contributed by atoms with Gasteiger partial charge in [0.1, 0.15) is 27.3 Å². The third kappa shape index (κ3) is 11.1. The van der Waals surface area contributed by atoms with Crippen molar-refractivity contribution in [2.75, 3.05) is 0 Å². The summed E-state index contributed by atoms with van der Waals surface area (Å²) in [5.41, 5.74) is 18.8. The summed E-state index contributed by atoms with van der Waals surface area (Å²) in [6, 6.07) is 0. The molecule has 0 aliphatic carbocycles. The van der Waals surface area contributed by atoms with Crippen molar-refractivity contribution >= 4 is 16.1 Å². The van der Waals surface area contributed by atoms with Crippen molar-refractivity contribution < 1.29 is 0 Å². The standard InChI is InChI=1S/C38H60Si2/c1-29(2)39(30(3)4,31(5)6)27-23-35(21-25-37(13,14)15)19-20-36(22-26-38(16,17)18)24-28-40(32(7)8,33(9)10)34(11)12/h29-34H,1-18H3. The molecule has 0 spiro atoms. The lowest BCUT2D eigenvalue weighted by Gasteiger charge is -2.38. The first-order valence-corrected chi connectivity index (χ1v) is 19.9. The Kier molecular flexibility index (Phi) is 14.5. The van der Waals surface area contributed by atoms with Gasteiger partial charge in [-0.15, -0.1) is 11.1 Å². The molecule has 2 heteroatoms. The van der Waals surface area contributed by atoms with Crippen molar-refractivity contribution in [3.63, 3.8) is 0 Å². The Morgan fingerprint density at radius 2 is 0.625 bits per heavy atom. The largest absolute Gasteiger partial charge is 0.146 e. The predicted octanol–water partition coefficient (Wildman–Crippen LogP) is 11.1. The van der Waals surface area contributed by atoms with Crippen LogP contribution in [0.1, 0.15) is 125 Å². The fourth-order valence-corrected chi connectivity index (χ4v) is 16.4. The molecule has 0 heterocycles. The topological polar surface area (TPSA) is 0 Å². The zero-order valence-corrected chi connectivity index (χ0v) is 31.5. The van der Waals surface area contributed by atoms with Crippen LogP contribution in [0.5, 0.6) is 0 Å². The van der Waals surface area contributed by atoms with Gasteiger partial charge in [0.05, 0.1) is 0 Å². The molecule has 0 aliphatic rings. The SMILES string of the molecule is CC(C)[Si](C#CC(=C=C=C(C#CC(C)(C)C)C#C[Si](C(C)C)(C(C)C)C(C)C)C#CC(C)(C)C)(C(C)C)C(C)C. The van der Waals surface area contributed by atoms with E-state index in [2.05, 4.69) is 183 Å². The predicted molar refractivity (Wildman–Crippen MR) is 186 cm³/mol. The quantitative estimate of drug-likeness (QED) is 0.169. The lowest BCUT2D eigenvalue weighted by molar-refractivity contribution is 0.570. The van der Waals surface area contributed by atoms with Crippen molar-refractivity contribution in [2.24, 2.45) is 10.8 Å². The molecular weight excluding hydrogens is 513 g/mol. The van der Waals surface area contributed by atoms with Gasteiger partial charge in [0.15, 0.2) is 0 Å². The van der Waals surface area contributed by atoms with Gasteiger partial charge in [-0.05, 0) is 98.1 Å². The Morgan fingerprint density at radius 3 is 0.800 bits per heavy atom. The van der Waals surface area contributed by atoms with E-state index in [9.17, 15) is 0 Å². The van der Waals surface area contributed by atoms with E-state index < -0.39 is 16.1 Å². The van der Waals surface area contributed by atoms with Crippen molar-refractivity contribution in [1.82, 2.24) is 0 Å². The van der Waals surface area contributed by atoms with Gasteiger partial charge in [-0.1, -0.05) is 107 Å². The molecule has 0 nitrogen and oxygen atoms in total. The third-order valence-electron chi connectivity index (χ3n) is 7.98. The van der Waals surface area contributed by atoms with Crippen LogP contribution >= 0.6 is 0 Å². The summed E-state index contributed by atoms with van der Waals surface area (Å²) in [5, 5.41) is 0. The summed E-state index contributed by atoms with van der Waals surface area (Å²) >= 11 is 0. The maximum Gasteiger partial charge on any atom is 0.146 e. The van der Waals surface area contributed by atoms with Gasteiger partial charge in [0.2, 0.25) is 0 Å². The lowest BCUT2D eigenvalue weighted by Crippen LogP contribution is -2.43. The van der Waals surface area contributed by atoms with E-state index in [0.29, 0.717) is 44.4 Å². The summed E-state index contributed by atoms with van der Waals surface area (Å²) in [7, 11) is -3.83. The highest BCUT2D eigenvalue weighted by Crippen LogP contribution is 2.41. The Labute approximate surface area is 253 Å². The monoisotopic (exact) mass is 572 g/mol. The number of hydrogen-bond acceptors (Lipinski definition) is 0.